The number of hydrogen-bond acceptors (Lipinski definition) is 4. The molecule has 0 saturated heterocycles. The molecule has 0 heterocycles. The van der Waals surface area contributed by atoms with Gasteiger partial charge >= 0.3 is 0 Å². The van der Waals surface area contributed by atoms with Crippen molar-refractivity contribution >= 4 is 23.4 Å². The van der Waals surface area contributed by atoms with Gasteiger partial charge < -0.3 is 20.1 Å². The summed E-state index contributed by atoms with van der Waals surface area (Å²) in [6.07, 6.45) is 0. The summed E-state index contributed by atoms with van der Waals surface area (Å²) in [6, 6.07) is 6.61. The summed E-state index contributed by atoms with van der Waals surface area (Å²) in [5, 5.41) is 11.7. The zero-order valence-electron chi connectivity index (χ0n) is 11.1. The van der Waals surface area contributed by atoms with E-state index < -0.39 is 5.91 Å². The molecule has 110 valence electrons. The second-order valence-electron chi connectivity index (χ2n) is 4.06. The predicted molar refractivity (Wildman–Crippen MR) is 74.7 cm³/mol. The van der Waals surface area contributed by atoms with Gasteiger partial charge in [0.15, 0.2) is 6.61 Å². The van der Waals surface area contributed by atoms with Crippen LogP contribution in [-0.2, 0) is 9.59 Å². The molecule has 0 aliphatic rings. The van der Waals surface area contributed by atoms with Crippen LogP contribution in [-0.4, -0.2) is 55.2 Å². The topological polar surface area (TPSA) is 78.9 Å². The number of hydrogen-bond donors (Lipinski definition) is 2. The van der Waals surface area contributed by atoms with Crippen LogP contribution in [0.4, 0.5) is 0 Å². The maximum Gasteiger partial charge on any atom is 0.258 e. The van der Waals surface area contributed by atoms with Crippen molar-refractivity contribution in [1.29, 1.82) is 0 Å². The lowest BCUT2D eigenvalue weighted by molar-refractivity contribution is -0.132. The molecule has 0 spiro atoms. The molecule has 0 atom stereocenters. The van der Waals surface area contributed by atoms with E-state index in [-0.39, 0.29) is 32.2 Å². The first-order valence-electron chi connectivity index (χ1n) is 6.03. The zero-order valence-corrected chi connectivity index (χ0v) is 11.9. The maximum atomic E-state index is 11.5. The van der Waals surface area contributed by atoms with Crippen molar-refractivity contribution in [3.63, 3.8) is 0 Å². The van der Waals surface area contributed by atoms with Gasteiger partial charge in [0.25, 0.3) is 5.91 Å². The van der Waals surface area contributed by atoms with Crippen LogP contribution < -0.4 is 10.1 Å². The molecule has 1 rings (SSSR count). The molecule has 0 aromatic heterocycles. The fourth-order valence-electron chi connectivity index (χ4n) is 1.31. The summed E-state index contributed by atoms with van der Waals surface area (Å²) in [4.78, 5) is 24.3. The van der Waals surface area contributed by atoms with Gasteiger partial charge in [0.2, 0.25) is 5.91 Å². The lowest BCUT2D eigenvalue weighted by Gasteiger charge is -2.15. The van der Waals surface area contributed by atoms with Gasteiger partial charge in [0.1, 0.15) is 5.75 Å². The number of rotatable bonds is 7. The van der Waals surface area contributed by atoms with Crippen LogP contribution in [0.2, 0.25) is 5.02 Å². The van der Waals surface area contributed by atoms with E-state index in [1.165, 1.54) is 4.90 Å². The van der Waals surface area contributed by atoms with Gasteiger partial charge in [-0.2, -0.15) is 0 Å². The van der Waals surface area contributed by atoms with Crippen molar-refractivity contribution in [1.82, 2.24) is 10.2 Å². The Morgan fingerprint density at radius 1 is 1.35 bits per heavy atom. The summed E-state index contributed by atoms with van der Waals surface area (Å²) < 4.78 is 5.23. The highest BCUT2D eigenvalue weighted by molar-refractivity contribution is 6.30. The number of likely N-dealkylation sites (N-methyl/N-ethyl adjacent to an activating group) is 1. The van der Waals surface area contributed by atoms with Crippen LogP contribution in [0.1, 0.15) is 0 Å². The number of carbonyl (C=O) groups excluding carboxylic acids is 2. The fourth-order valence-corrected chi connectivity index (χ4v) is 1.44. The van der Waals surface area contributed by atoms with Crippen LogP contribution in [0.5, 0.6) is 5.75 Å². The van der Waals surface area contributed by atoms with Crippen LogP contribution >= 0.6 is 11.6 Å². The highest BCUT2D eigenvalue weighted by Crippen LogP contribution is 2.15. The lowest BCUT2D eigenvalue weighted by Crippen LogP contribution is -2.40. The molecule has 0 aliphatic heterocycles. The number of ether oxygens (including phenoxy) is 1. The minimum Gasteiger partial charge on any atom is -0.484 e. The van der Waals surface area contributed by atoms with Gasteiger partial charge in [0, 0.05) is 18.6 Å². The van der Waals surface area contributed by atoms with E-state index in [4.69, 9.17) is 21.4 Å². The van der Waals surface area contributed by atoms with Crippen molar-refractivity contribution in [2.75, 3.05) is 33.4 Å². The van der Waals surface area contributed by atoms with Crippen molar-refractivity contribution < 1.29 is 19.4 Å². The lowest BCUT2D eigenvalue weighted by atomic mass is 10.3. The molecule has 20 heavy (non-hydrogen) atoms. The normalized spacial score (nSPS) is 9.95. The molecule has 0 radical (unpaired) electrons. The number of benzene rings is 1. The standard InChI is InChI=1S/C13H17ClN2O4/c1-16(6-7-17)13(19)8-15-12(18)9-20-11-4-2-10(14)3-5-11/h2-5,17H,6-9H2,1H3,(H,15,18). The van der Waals surface area contributed by atoms with E-state index in [1.54, 1.807) is 31.3 Å². The molecule has 6 nitrogen and oxygen atoms in total. The van der Waals surface area contributed by atoms with Crippen molar-refractivity contribution in [3.8, 4) is 5.75 Å². The molecule has 2 N–H and O–H groups in total. The van der Waals surface area contributed by atoms with Crippen LogP contribution in [0.15, 0.2) is 24.3 Å². The average molecular weight is 301 g/mol. The van der Waals surface area contributed by atoms with E-state index >= 15 is 0 Å². The van der Waals surface area contributed by atoms with Gasteiger partial charge in [-0.3, -0.25) is 9.59 Å². The van der Waals surface area contributed by atoms with Crippen molar-refractivity contribution in [2.24, 2.45) is 0 Å². The van der Waals surface area contributed by atoms with Gasteiger partial charge in [-0.15, -0.1) is 0 Å². The highest BCUT2D eigenvalue weighted by atomic mass is 35.5. The monoisotopic (exact) mass is 300 g/mol. The number of aliphatic hydroxyl groups excluding tert-OH is 1. The second-order valence-corrected chi connectivity index (χ2v) is 4.49. The minimum absolute atomic E-state index is 0.115. The maximum absolute atomic E-state index is 11.5. The molecular weight excluding hydrogens is 284 g/mol. The molecule has 0 unspecified atom stereocenters. The van der Waals surface area contributed by atoms with Crippen LogP contribution in [0.3, 0.4) is 0 Å². The summed E-state index contributed by atoms with van der Waals surface area (Å²) in [5.41, 5.74) is 0. The van der Waals surface area contributed by atoms with E-state index in [9.17, 15) is 9.59 Å². The summed E-state index contributed by atoms with van der Waals surface area (Å²) in [5.74, 6) is -0.155. The van der Waals surface area contributed by atoms with E-state index in [1.807, 2.05) is 0 Å². The Morgan fingerprint density at radius 3 is 2.60 bits per heavy atom. The first-order valence-corrected chi connectivity index (χ1v) is 6.40. The van der Waals surface area contributed by atoms with Gasteiger partial charge in [-0.05, 0) is 24.3 Å². The Morgan fingerprint density at radius 2 is 2.00 bits per heavy atom. The second kappa shape index (κ2) is 8.39. The molecule has 2 amide bonds. The van der Waals surface area contributed by atoms with Crippen molar-refractivity contribution in [3.05, 3.63) is 29.3 Å². The Kier molecular flexibility index (Phi) is 6.83. The Hall–Kier alpha value is -1.79. The Labute approximate surface area is 122 Å². The third-order valence-corrected chi connectivity index (χ3v) is 2.73. The minimum atomic E-state index is -0.398. The molecular formula is C13H17ClN2O4. The number of aliphatic hydroxyl groups is 1. The number of amides is 2. The average Bonchev–Trinajstić information content (AvgIpc) is 2.44. The molecule has 0 bridgehead atoms. The summed E-state index contributed by atoms with van der Waals surface area (Å²) >= 11 is 5.72. The van der Waals surface area contributed by atoms with E-state index in [2.05, 4.69) is 5.32 Å². The SMILES string of the molecule is CN(CCO)C(=O)CNC(=O)COc1ccc(Cl)cc1. The quantitative estimate of drug-likeness (QED) is 0.758. The molecule has 7 heteroatoms. The summed E-state index contributed by atoms with van der Waals surface area (Å²) in [7, 11) is 1.55. The third kappa shape index (κ3) is 5.90. The van der Waals surface area contributed by atoms with Crippen LogP contribution in [0, 0.1) is 0 Å². The molecule has 0 aliphatic carbocycles. The largest absolute Gasteiger partial charge is 0.484 e. The molecule has 0 fully saturated rings. The van der Waals surface area contributed by atoms with Crippen LogP contribution in [0.25, 0.3) is 0 Å². The molecule has 1 aromatic rings. The summed E-state index contributed by atoms with van der Waals surface area (Å²) in [6.45, 7) is -0.191. The fraction of sp³-hybridized carbons (Fsp3) is 0.385. The van der Waals surface area contributed by atoms with Gasteiger partial charge in [-0.1, -0.05) is 11.6 Å². The zero-order chi connectivity index (χ0) is 15.0. The number of nitrogens with zero attached hydrogens (tertiary/aromatic N) is 1. The van der Waals surface area contributed by atoms with Crippen molar-refractivity contribution in [2.45, 2.75) is 0 Å². The third-order valence-electron chi connectivity index (χ3n) is 2.48. The Bertz CT molecular complexity index is 450. The Balaban J connectivity index is 2.27. The predicted octanol–water partition coefficient (Wildman–Crippen LogP) is 0.286. The van der Waals surface area contributed by atoms with Gasteiger partial charge in [0.05, 0.1) is 13.2 Å². The molecule has 0 saturated carbocycles. The number of halogens is 1. The number of nitrogens with one attached hydrogen (secondary N) is 1. The molecule has 1 aromatic carbocycles. The first-order chi connectivity index (χ1) is 9.52. The van der Waals surface area contributed by atoms with E-state index in [0.717, 1.165) is 0 Å². The van der Waals surface area contributed by atoms with Gasteiger partial charge in [-0.25, -0.2) is 0 Å². The van der Waals surface area contributed by atoms with E-state index in [0.29, 0.717) is 10.8 Å². The first kappa shape index (κ1) is 16.3. The highest BCUT2D eigenvalue weighted by Gasteiger charge is 2.10. The number of carbonyl (C=O) groups is 2. The smallest absolute Gasteiger partial charge is 0.258 e.